The van der Waals surface area contributed by atoms with Gasteiger partial charge in [0.1, 0.15) is 78.4 Å². The molecule has 1 saturated heterocycles. The number of esters is 1. The number of hydrogen-bond donors (Lipinski definition) is 17. The number of aromatic hydroxyl groups is 1. The number of nitrogens with one attached hydrogen (secondary N) is 9. The molecule has 1 fully saturated rings. The summed E-state index contributed by atoms with van der Waals surface area (Å²) >= 11 is 0. The summed E-state index contributed by atoms with van der Waals surface area (Å²) in [4.78, 5) is 211. The van der Waals surface area contributed by atoms with Crippen molar-refractivity contribution in [3.63, 3.8) is 0 Å². The van der Waals surface area contributed by atoms with Crippen molar-refractivity contribution in [2.75, 3.05) is 41.5 Å². The molecule has 1 aromatic rings. The van der Waals surface area contributed by atoms with E-state index in [0.29, 0.717) is 0 Å². The van der Waals surface area contributed by atoms with Gasteiger partial charge >= 0.3 is 5.97 Å². The first-order valence-electron chi connectivity index (χ1n) is 33.1. The molecule has 2 rings (SSSR count). The third kappa shape index (κ3) is 27.2. The Kier molecular flexibility index (Phi) is 36.6. The first kappa shape index (κ1) is 88.7. The normalized spacial score (nSPS) is 23.0. The number of hydrogen-bond acceptors (Lipinski definition) is 23. The average Bonchev–Trinajstić information content (AvgIpc) is 0.813. The minimum absolute atomic E-state index is 0.0274. The number of amides is 14. The van der Waals surface area contributed by atoms with Crippen LogP contribution in [0.5, 0.6) is 5.75 Å². The third-order valence-electron chi connectivity index (χ3n) is 17.0. The highest BCUT2D eigenvalue weighted by atomic mass is 16.5. The van der Waals surface area contributed by atoms with Crippen LogP contribution in [0.3, 0.4) is 0 Å². The Bertz CT molecular complexity index is 3140. The summed E-state index contributed by atoms with van der Waals surface area (Å²) in [5.74, 6) is -21.0. The van der Waals surface area contributed by atoms with Gasteiger partial charge in [0.15, 0.2) is 6.10 Å². The number of methoxy groups -OCH3 is 2. The first-order valence-corrected chi connectivity index (χ1v) is 33.1. The summed E-state index contributed by atoms with van der Waals surface area (Å²) in [6.07, 6.45) is -6.11. The Morgan fingerprint density at radius 1 is 0.706 bits per heavy atom. The molecule has 0 saturated carbocycles. The van der Waals surface area contributed by atoms with Gasteiger partial charge in [-0.1, -0.05) is 72.2 Å². The van der Waals surface area contributed by atoms with Crippen molar-refractivity contribution in [1.29, 1.82) is 0 Å². The molecule has 0 aromatic heterocycles. The predicted molar refractivity (Wildman–Crippen MR) is 362 cm³/mol. The van der Waals surface area contributed by atoms with E-state index in [1.807, 2.05) is 13.8 Å². The number of phenolic OH excluding ortho intramolecular Hbond substituents is 1. The van der Waals surface area contributed by atoms with Crippen LogP contribution in [-0.4, -0.2) is 251 Å². The van der Waals surface area contributed by atoms with Crippen molar-refractivity contribution in [3.05, 3.63) is 42.0 Å². The number of nitrogens with two attached hydrogens (primary N) is 4. The Morgan fingerprint density at radius 2 is 1.28 bits per heavy atom. The van der Waals surface area contributed by atoms with Crippen LogP contribution < -0.4 is 70.8 Å². The summed E-state index contributed by atoms with van der Waals surface area (Å²) in [5, 5.41) is 63.1. The lowest BCUT2D eigenvalue weighted by molar-refractivity contribution is -0.161. The molecule has 37 nitrogen and oxygen atoms in total. The molecule has 1 unspecified atom stereocenters. The molecule has 21 N–H and O–H groups in total. The maximum atomic E-state index is 15.0. The van der Waals surface area contributed by atoms with Gasteiger partial charge in [0.2, 0.25) is 82.7 Å². The highest BCUT2D eigenvalue weighted by Gasteiger charge is 2.45. The molecule has 0 bridgehead atoms. The topological polar surface area (TPSA) is 583 Å². The number of primary amides is 3. The molecule has 37 heteroatoms. The van der Waals surface area contributed by atoms with Crippen molar-refractivity contribution < 1.29 is 107 Å². The zero-order chi connectivity index (χ0) is 77.9. The Labute approximate surface area is 591 Å². The second-order valence-corrected chi connectivity index (χ2v) is 25.9. The summed E-state index contributed by atoms with van der Waals surface area (Å²) in [7, 11) is 4.62. The predicted octanol–water partition coefficient (Wildman–Crippen LogP) is -6.27. The minimum atomic E-state index is -2.45. The lowest BCUT2D eigenvalue weighted by atomic mass is 9.87. The maximum Gasteiger partial charge on any atom is 0.328 e. The van der Waals surface area contributed by atoms with E-state index in [9.17, 15) is 82.8 Å². The summed E-state index contributed by atoms with van der Waals surface area (Å²) in [5.41, 5.74) is 22.9. The molecule has 1 aliphatic heterocycles. The highest BCUT2D eigenvalue weighted by molar-refractivity contribution is 6.01. The van der Waals surface area contributed by atoms with Crippen molar-refractivity contribution >= 4 is 88.7 Å². The third-order valence-corrected chi connectivity index (χ3v) is 17.0. The number of aliphatic hydroxyl groups is 3. The molecule has 0 radical (unpaired) electrons. The number of phenols is 1. The van der Waals surface area contributed by atoms with E-state index in [4.69, 9.17) is 37.1 Å². The van der Waals surface area contributed by atoms with Crippen molar-refractivity contribution in [2.45, 2.75) is 205 Å². The van der Waals surface area contributed by atoms with Gasteiger partial charge < -0.3 is 115 Å². The number of carbonyl (C=O) groups excluding carboxylic acids is 15. The number of benzene rings is 1. The summed E-state index contributed by atoms with van der Waals surface area (Å²) < 4.78 is 16.8. The molecule has 1 heterocycles. The van der Waals surface area contributed by atoms with Gasteiger partial charge in [0.25, 0.3) is 0 Å². The molecule has 102 heavy (non-hydrogen) atoms. The zero-order valence-corrected chi connectivity index (χ0v) is 60.0. The second kappa shape index (κ2) is 42.1. The van der Waals surface area contributed by atoms with Crippen LogP contribution in [0.4, 0.5) is 0 Å². The molecule has 572 valence electrons. The van der Waals surface area contributed by atoms with Gasteiger partial charge in [-0.05, 0) is 82.4 Å². The number of likely N-dealkylation sites (N-methyl/N-ethyl adjacent to an activating group) is 2. The van der Waals surface area contributed by atoms with Crippen LogP contribution in [-0.2, 0) is 86.1 Å². The first-order chi connectivity index (χ1) is 47.5. The number of rotatable bonds is 32. The van der Waals surface area contributed by atoms with E-state index in [-0.39, 0.29) is 29.6 Å². The largest absolute Gasteiger partial charge is 0.508 e. The van der Waals surface area contributed by atoms with Crippen molar-refractivity contribution in [3.8, 4) is 5.75 Å². The van der Waals surface area contributed by atoms with Gasteiger partial charge in [0, 0.05) is 46.7 Å². The minimum Gasteiger partial charge on any atom is -0.508 e. The molecule has 19 atom stereocenters. The Morgan fingerprint density at radius 3 is 1.81 bits per heavy atom. The molecular formula is C65H105N15O22. The molecule has 0 aliphatic carbocycles. The van der Waals surface area contributed by atoms with Gasteiger partial charge in [0.05, 0.1) is 31.8 Å². The van der Waals surface area contributed by atoms with E-state index >= 15 is 9.59 Å². The fraction of sp³-hybridized carbons (Fsp3) is 0.646. The highest BCUT2D eigenvalue weighted by Crippen LogP contribution is 2.26. The van der Waals surface area contributed by atoms with E-state index < -0.39 is 230 Å². The lowest BCUT2D eigenvalue weighted by Crippen LogP contribution is -2.66. The van der Waals surface area contributed by atoms with E-state index in [1.54, 1.807) is 19.9 Å². The van der Waals surface area contributed by atoms with Crippen LogP contribution in [0.2, 0.25) is 0 Å². The van der Waals surface area contributed by atoms with Crippen molar-refractivity contribution in [1.82, 2.24) is 57.7 Å². The average molecular weight is 1450 g/mol. The van der Waals surface area contributed by atoms with Gasteiger partial charge in [-0.25, -0.2) is 4.79 Å². The molecule has 1 aliphatic rings. The Balaban J connectivity index is 2.86. The SMILES string of the molecule is CCC[C@H](C)/C=C\[C@@H](O)CC(=O)N[C@@H](C(=O)N[C@H](C(=O)N[C@H](C(=O)N[C@H](C(=O)N[C@@H]1C(=O)N[C@@H](COC)C(=O)NCC(=O)N[C@@H](CC(C)C)C(=O)N(C)[C@@H](CCC(N)=O)C(=O)NC([C@H](OC)c2ccc(O)cc2)C(=O)N(C)[C@@H](C)C(=O)O[C@@H]1C)[C@@H](C)[C@@H](C)C(N)=O)[C@@H](C)N)[C@@H](C)O)[C@H](O)C(N)=O. The standard InChI is InChI=1S/C65H105N15O22/c1-15-16-30(4)17-20-39(83)26-44(85)73-50(52(87)55(69)89)62(96)76-48(35(9)81)60(94)75-47(33(7)66)59(93)74-46(31(5)32(6)54(68)88)58(92)77-49-36(10)102-65(99)34(8)79(11)64(98)51(53(101-14)37-18-21-38(82)22-19-37)78-57(91)42(23-24-43(67)84)80(12)63(97)40(25-29(2)3)71-45(86)27-70-56(90)41(28-100-13)72-61(49)95/h17-22,29-36,39-42,46-53,81-83,87H,15-16,23-28,66H2,1-14H3,(H2,67,84)(H2,68,88)(H2,69,89)(H,70,90)(H,71,86)(H,72,95)(H,73,85)(H,74,93)(H,75,94)(H,76,96)(H,77,92)(H,78,91)/b20-17-/t30-,31-,32+,33+,34-,35+,36+,39+,40-,41-,42-,46-,47-,48-,49-,50+,51?,52-,53+/m0/s1. The van der Waals surface area contributed by atoms with E-state index in [1.165, 1.54) is 72.2 Å². The van der Waals surface area contributed by atoms with Gasteiger partial charge in [-0.2, -0.15) is 0 Å². The Hall–Kier alpha value is -9.43. The molecule has 14 amide bonds. The van der Waals surface area contributed by atoms with Crippen LogP contribution in [0.1, 0.15) is 119 Å². The fourth-order valence-corrected chi connectivity index (χ4v) is 10.6. The van der Waals surface area contributed by atoms with Crippen LogP contribution >= 0.6 is 0 Å². The maximum absolute atomic E-state index is 15.0. The smallest absolute Gasteiger partial charge is 0.328 e. The number of allylic oxidation sites excluding steroid dienone is 1. The van der Waals surface area contributed by atoms with Gasteiger partial charge in [-0.15, -0.1) is 0 Å². The summed E-state index contributed by atoms with van der Waals surface area (Å²) in [6, 6.07) is -15.0. The van der Waals surface area contributed by atoms with Crippen LogP contribution in [0.15, 0.2) is 36.4 Å². The van der Waals surface area contributed by atoms with Crippen molar-refractivity contribution in [2.24, 2.45) is 46.6 Å². The molecule has 0 spiro atoms. The zero-order valence-electron chi connectivity index (χ0n) is 60.0. The fourth-order valence-electron chi connectivity index (χ4n) is 10.6. The monoisotopic (exact) mass is 1450 g/mol. The van der Waals surface area contributed by atoms with Gasteiger partial charge in [-0.3, -0.25) is 67.1 Å². The molecular weight excluding hydrogens is 1340 g/mol. The van der Waals surface area contributed by atoms with E-state index in [2.05, 4.69) is 47.9 Å². The lowest BCUT2D eigenvalue weighted by Gasteiger charge is -2.36. The molecule has 1 aromatic carbocycles. The van der Waals surface area contributed by atoms with Crippen LogP contribution in [0.25, 0.3) is 0 Å². The number of cyclic esters (lactones) is 1. The van der Waals surface area contributed by atoms with E-state index in [0.717, 1.165) is 50.6 Å². The summed E-state index contributed by atoms with van der Waals surface area (Å²) in [6.45, 7) is 12.7. The number of carbonyl (C=O) groups is 15. The quantitative estimate of drug-likeness (QED) is 0.0236. The van der Waals surface area contributed by atoms with Crippen LogP contribution in [0, 0.1) is 23.7 Å². The number of aliphatic hydroxyl groups excluding tert-OH is 3. The second-order valence-electron chi connectivity index (χ2n) is 25.9. The number of ether oxygens (including phenoxy) is 3. The number of nitrogens with zero attached hydrogens (tertiary/aromatic N) is 2.